The smallest absolute Gasteiger partial charge is 0.300 e. The summed E-state index contributed by atoms with van der Waals surface area (Å²) in [4.78, 5) is 146. The molecule has 6 atom stereocenters. The standard InChI is InChI=1S/2C15H18N4O4.C13H15N3O3.C13H15N3O2.C11H12N2O.C2H3NO2.C2H4O2.HNO.2H2NP.2H3P.4Y/c2*1-10-15(11(2)17-23-4,19(22)12(3)20)14(21)18(16-10)13-8-6-5-7-9-13;1-9-13(3,16(19)10(2)17)12(18)15(14-9)11-7-5-4-6-8-11;1-9-12(10(2)15-18-3)13(17)16(14-9)11-7-5-4-6-8-11;1-8-9(2)12-13(11(8)14)10-6-4-3-5-7-10;1-2(4)3-5;1-2(3)4;3*1-2;;;;;;/h2*5-9,22H,1-4H3;4-8,19H,1-3H3;4-8,14H,1-3H3;3-8H,1-2H3;1H3;1H3,(H,3,4);1H;2*1-2H;2*1H3;;;;/b2*17-11+;;15-10+;;;;;;;;;;;;. The first kappa shape index (κ1) is 121. The number of hydroxylamine groups is 6. The quantitative estimate of drug-likeness (QED) is 0.0165. The van der Waals surface area contributed by atoms with Gasteiger partial charge in [-0.1, -0.05) is 112 Å². The number of hydrogen-bond donors (Lipinski definition) is 8. The van der Waals surface area contributed by atoms with Crippen LogP contribution in [0.1, 0.15) is 108 Å². The van der Waals surface area contributed by atoms with Crippen molar-refractivity contribution in [2.24, 2.45) is 47.0 Å². The van der Waals surface area contributed by atoms with Gasteiger partial charge in [0.2, 0.25) is 28.8 Å². The fourth-order valence-corrected chi connectivity index (χ4v) is 10.4. The Morgan fingerprint density at radius 3 is 1.01 bits per heavy atom. The summed E-state index contributed by atoms with van der Waals surface area (Å²) in [6.07, 6.45) is 0. The van der Waals surface area contributed by atoms with Crippen molar-refractivity contribution in [2.45, 2.75) is 120 Å². The second-order valence-corrected chi connectivity index (χ2v) is 23.1. The van der Waals surface area contributed by atoms with Crippen molar-refractivity contribution in [3.63, 3.8) is 0 Å². The van der Waals surface area contributed by atoms with E-state index in [1.807, 2.05) is 92.7 Å². The van der Waals surface area contributed by atoms with Crippen LogP contribution in [0.25, 0.3) is 5.69 Å². The number of benzene rings is 5. The molecule has 8 N–H and O–H groups in total. The molecule has 118 heavy (non-hydrogen) atoms. The van der Waals surface area contributed by atoms with E-state index in [-0.39, 0.29) is 191 Å². The monoisotopic (exact) mass is 2010 g/mol. The Labute approximate surface area is 793 Å². The maximum Gasteiger partial charge on any atom is 0.300 e. The van der Waals surface area contributed by atoms with Crippen LogP contribution >= 0.6 is 37.9 Å². The van der Waals surface area contributed by atoms with E-state index >= 15 is 0 Å². The average molecular weight is 2010 g/mol. The minimum absolute atomic E-state index is 0. The van der Waals surface area contributed by atoms with Crippen molar-refractivity contribution < 1.29 is 209 Å². The molecule has 8 amide bonds. The summed E-state index contributed by atoms with van der Waals surface area (Å²) in [6, 6.07) is 45.2. The minimum Gasteiger partial charge on any atom is -0.481 e. The van der Waals surface area contributed by atoms with Crippen molar-refractivity contribution in [3.05, 3.63) is 183 Å². The molecule has 0 spiro atoms. The Bertz CT molecular complexity index is 4440. The fourth-order valence-electron chi connectivity index (χ4n) is 10.4. The van der Waals surface area contributed by atoms with Gasteiger partial charge in [0.1, 0.15) is 21.3 Å². The van der Waals surface area contributed by atoms with Crippen LogP contribution < -0.4 is 25.6 Å². The number of hydrogen-bond acceptors (Lipinski definition) is 28. The number of aryl methyl sites for hydroxylation is 1. The second kappa shape index (κ2) is 59.8. The van der Waals surface area contributed by atoms with Gasteiger partial charge >= 0.3 is 0 Å². The maximum atomic E-state index is 13.0. The van der Waals surface area contributed by atoms with E-state index in [9.17, 15) is 58.8 Å². The van der Waals surface area contributed by atoms with Crippen LogP contribution in [0.2, 0.25) is 0 Å². The summed E-state index contributed by atoms with van der Waals surface area (Å²) in [5.74, 6) is -5.28. The number of aromatic amines is 1. The van der Waals surface area contributed by atoms with Crippen molar-refractivity contribution >= 4 is 154 Å². The Morgan fingerprint density at radius 1 is 0.475 bits per heavy atom. The van der Waals surface area contributed by atoms with Gasteiger partial charge in [0.05, 0.1) is 74.2 Å². The number of hydrazone groups is 4. The van der Waals surface area contributed by atoms with Gasteiger partial charge in [-0.05, 0) is 148 Å². The fraction of sp³-hybridized carbons (Fsp3) is 0.310. The molecule has 39 nitrogen and oxygen atoms in total. The molecule has 4 radical (unpaired) electrons. The molecular formula is C71H96N20O19P4Y4. The summed E-state index contributed by atoms with van der Waals surface area (Å²) in [6.45, 7) is 22.2. The van der Waals surface area contributed by atoms with E-state index in [0.29, 0.717) is 49.2 Å². The summed E-state index contributed by atoms with van der Waals surface area (Å²) in [7, 11) is 8.53. The van der Waals surface area contributed by atoms with Gasteiger partial charge in [0.25, 0.3) is 41.1 Å². The number of nitroso groups, excluding NO2 is 2. The number of amides is 8. The topological polar surface area (TPSA) is 527 Å². The molecule has 0 saturated carbocycles. The van der Waals surface area contributed by atoms with Crippen LogP contribution in [0.4, 0.5) is 22.7 Å². The van der Waals surface area contributed by atoms with E-state index in [1.165, 1.54) is 63.7 Å². The number of para-hydroxylation sites is 5. The van der Waals surface area contributed by atoms with E-state index in [0.717, 1.165) is 60.5 Å². The molecule has 4 aliphatic heterocycles. The maximum absolute atomic E-state index is 13.0. The van der Waals surface area contributed by atoms with E-state index in [2.05, 4.69) is 64.6 Å². The third-order valence-corrected chi connectivity index (χ3v) is 15.8. The molecule has 1 aromatic heterocycles. The molecule has 6 unspecified atom stereocenters. The van der Waals surface area contributed by atoms with Crippen LogP contribution in [-0.4, -0.2) is 177 Å². The average Bonchev–Trinajstić information content (AvgIpc) is 1.58. The van der Waals surface area contributed by atoms with Crippen LogP contribution in [0.3, 0.4) is 0 Å². The minimum atomic E-state index is -1.82. The van der Waals surface area contributed by atoms with Gasteiger partial charge in [0.15, 0.2) is 5.54 Å². The molecule has 0 fully saturated rings. The number of H-pyrrole nitrogens is 1. The van der Waals surface area contributed by atoms with Gasteiger partial charge < -0.3 is 19.6 Å². The molecule has 0 bridgehead atoms. The number of carboxylic acids is 1. The van der Waals surface area contributed by atoms with Crippen LogP contribution in [0.15, 0.2) is 198 Å². The zero-order valence-corrected chi connectivity index (χ0v) is 84.5. The second-order valence-electron chi connectivity index (χ2n) is 23.1. The van der Waals surface area contributed by atoms with Gasteiger partial charge in [-0.3, -0.25) is 79.0 Å². The number of oxime groups is 3. The number of nitrogens with one attached hydrogen (secondary N) is 4. The predicted molar refractivity (Wildman–Crippen MR) is 445 cm³/mol. The van der Waals surface area contributed by atoms with Crippen molar-refractivity contribution in [1.29, 1.82) is 15.9 Å². The number of aliphatic carboxylic acids is 1. The Kier molecular flexibility index (Phi) is 61.3. The molecule has 626 valence electrons. The first-order valence-electron chi connectivity index (χ1n) is 32.6. The zero-order valence-electron chi connectivity index (χ0n) is 68.3. The summed E-state index contributed by atoms with van der Waals surface area (Å²) in [5, 5.41) is 88.1. The third kappa shape index (κ3) is 30.7. The molecule has 5 aromatic carbocycles. The molecule has 10 rings (SSSR count). The molecule has 0 aliphatic carbocycles. The molecule has 5 heterocycles. The van der Waals surface area contributed by atoms with Crippen molar-refractivity contribution in [1.82, 2.24) is 25.0 Å². The molecular weight excluding hydrogens is 1920 g/mol. The first-order chi connectivity index (χ1) is 53.0. The molecule has 4 aliphatic rings. The van der Waals surface area contributed by atoms with Gasteiger partial charge in [-0.25, -0.2) is 14.8 Å². The number of carbonyl (C=O) groups is 9. The van der Waals surface area contributed by atoms with Gasteiger partial charge in [-0.15, -0.1) is 4.91 Å². The normalized spacial score (nSPS) is 16.8. The van der Waals surface area contributed by atoms with Crippen LogP contribution in [-0.2, 0) is 189 Å². The van der Waals surface area contributed by atoms with Gasteiger partial charge in [0, 0.05) is 182 Å². The van der Waals surface area contributed by atoms with Gasteiger partial charge in [-0.2, -0.15) is 70.3 Å². The number of anilines is 4. The van der Waals surface area contributed by atoms with Crippen LogP contribution in [0, 0.1) is 38.6 Å². The summed E-state index contributed by atoms with van der Waals surface area (Å²) >= 11 is 0. The number of carboxylic acid groups (broad SMARTS) is 1. The zero-order chi connectivity index (χ0) is 85.7. The van der Waals surface area contributed by atoms with E-state index in [1.54, 1.807) is 113 Å². The van der Waals surface area contributed by atoms with Crippen molar-refractivity contribution in [3.8, 4) is 5.69 Å². The molecule has 47 heteroatoms. The molecule has 6 aromatic rings. The Balaban J connectivity index is -0.000000316. The molecule has 0 saturated heterocycles. The Morgan fingerprint density at radius 2 is 0.746 bits per heavy atom. The number of carbonyl (C=O) groups excluding carboxylic acids is 8. The van der Waals surface area contributed by atoms with Crippen LogP contribution in [0.5, 0.6) is 0 Å². The van der Waals surface area contributed by atoms with E-state index in [4.69, 9.17) is 44.6 Å². The number of aromatic nitrogens is 2. The predicted octanol–water partition coefficient (Wildman–Crippen LogP) is 10.7. The SMILES string of the molecule is CC(=O)N(O)C1(C)C(=O)N(c2ccccc2)N=C1C.CC(=O)N=O.CC(=O)O.CC1=NN(c2ccccc2)C(=O)C1C.CO/N=C(\C)C1(N(O)C(C)=O)C(=O)N(c2ccccc2)N=C1C.CO/N=C(\C)C1(N(O)C(C)=O)C(=O)N(c2ccccc2)N=C1C.CO/N=C(\C)c1c(C)[nH]n(-c2ccccc2)c1=O.N=O.N=P.N=P.P.P.[Y].[Y].[Y].[Y]. The summed E-state index contributed by atoms with van der Waals surface area (Å²) in [5.41, 5.74) is 6.24. The van der Waals surface area contributed by atoms with Crippen molar-refractivity contribution in [2.75, 3.05) is 41.4 Å². The summed E-state index contributed by atoms with van der Waals surface area (Å²) < 4.78 is 1.50. The number of nitrogens with zero attached hydrogens (tertiary/aromatic N) is 16. The Hall–Kier alpha value is -7.81. The number of rotatable bonds is 14. The van der Waals surface area contributed by atoms with E-state index < -0.39 is 63.9 Å². The largest absolute Gasteiger partial charge is 0.481 e. The third-order valence-electron chi connectivity index (χ3n) is 15.8. The first-order valence-corrected chi connectivity index (χ1v) is 33.6.